The van der Waals surface area contributed by atoms with Crippen molar-refractivity contribution in [2.45, 2.75) is 50.7 Å². The van der Waals surface area contributed by atoms with Crippen molar-refractivity contribution in [3.8, 4) is 0 Å². The number of rotatable bonds is 2. The third-order valence-corrected chi connectivity index (χ3v) is 3.49. The number of hydrogen-bond donors (Lipinski definition) is 1. The molecule has 2 heterocycles. The van der Waals surface area contributed by atoms with Crippen LogP contribution in [0.2, 0.25) is 0 Å². The van der Waals surface area contributed by atoms with Crippen LogP contribution in [0, 0.1) is 0 Å². The summed E-state index contributed by atoms with van der Waals surface area (Å²) >= 11 is 0. The standard InChI is InChI=1S/C12H22N2O2.ClH/c13-10-4-3-6-14(9-10)12(15)8-11-5-1-2-7-16-11;/h10-11H,1-9,13H2;1H/t10-,11?;/m1./s1. The number of nitrogens with zero attached hydrogens (tertiary/aromatic N) is 1. The molecule has 100 valence electrons. The fourth-order valence-electron chi connectivity index (χ4n) is 2.53. The van der Waals surface area contributed by atoms with Gasteiger partial charge in [-0.1, -0.05) is 0 Å². The zero-order valence-corrected chi connectivity index (χ0v) is 11.1. The van der Waals surface area contributed by atoms with E-state index in [-0.39, 0.29) is 30.5 Å². The number of ether oxygens (including phenoxy) is 1. The highest BCUT2D eigenvalue weighted by Gasteiger charge is 2.24. The topological polar surface area (TPSA) is 55.6 Å². The van der Waals surface area contributed by atoms with Gasteiger partial charge in [0.25, 0.3) is 0 Å². The summed E-state index contributed by atoms with van der Waals surface area (Å²) in [6, 6.07) is 0.171. The van der Waals surface area contributed by atoms with Gasteiger partial charge in [0, 0.05) is 25.7 Å². The summed E-state index contributed by atoms with van der Waals surface area (Å²) in [5.41, 5.74) is 5.87. The lowest BCUT2D eigenvalue weighted by atomic mass is 10.0. The molecule has 2 rings (SSSR count). The largest absolute Gasteiger partial charge is 0.378 e. The van der Waals surface area contributed by atoms with Gasteiger partial charge in [-0.2, -0.15) is 0 Å². The molecule has 0 radical (unpaired) electrons. The van der Waals surface area contributed by atoms with E-state index in [1.165, 1.54) is 6.42 Å². The van der Waals surface area contributed by atoms with Gasteiger partial charge in [0.1, 0.15) is 0 Å². The van der Waals surface area contributed by atoms with Crippen molar-refractivity contribution in [2.75, 3.05) is 19.7 Å². The van der Waals surface area contributed by atoms with Crippen LogP contribution in [0.5, 0.6) is 0 Å². The highest BCUT2D eigenvalue weighted by atomic mass is 35.5. The summed E-state index contributed by atoms with van der Waals surface area (Å²) in [5, 5.41) is 0. The Bertz CT molecular complexity index is 245. The van der Waals surface area contributed by atoms with E-state index in [0.29, 0.717) is 6.42 Å². The Kier molecular flexibility index (Phi) is 6.23. The van der Waals surface area contributed by atoms with E-state index in [2.05, 4.69) is 0 Å². The first-order valence-electron chi connectivity index (χ1n) is 6.40. The minimum atomic E-state index is 0. The van der Waals surface area contributed by atoms with Crippen molar-refractivity contribution in [2.24, 2.45) is 5.73 Å². The summed E-state index contributed by atoms with van der Waals surface area (Å²) in [4.78, 5) is 13.9. The lowest BCUT2D eigenvalue weighted by Gasteiger charge is -2.32. The van der Waals surface area contributed by atoms with Gasteiger partial charge >= 0.3 is 0 Å². The Morgan fingerprint density at radius 1 is 1.29 bits per heavy atom. The van der Waals surface area contributed by atoms with E-state index in [1.54, 1.807) is 0 Å². The van der Waals surface area contributed by atoms with Crippen molar-refractivity contribution in [1.82, 2.24) is 4.90 Å². The van der Waals surface area contributed by atoms with Crippen molar-refractivity contribution in [3.63, 3.8) is 0 Å². The number of carbonyl (C=O) groups excluding carboxylic acids is 1. The molecule has 0 aromatic carbocycles. The van der Waals surface area contributed by atoms with E-state index in [9.17, 15) is 4.79 Å². The van der Waals surface area contributed by atoms with Crippen LogP contribution in [0.4, 0.5) is 0 Å². The second-order valence-corrected chi connectivity index (χ2v) is 4.93. The Hall–Kier alpha value is -0.320. The fraction of sp³-hybridized carbons (Fsp3) is 0.917. The molecule has 2 saturated heterocycles. The van der Waals surface area contributed by atoms with Crippen molar-refractivity contribution < 1.29 is 9.53 Å². The summed E-state index contributed by atoms with van der Waals surface area (Å²) in [6.45, 7) is 2.42. The van der Waals surface area contributed by atoms with E-state index >= 15 is 0 Å². The lowest BCUT2D eigenvalue weighted by molar-refractivity contribution is -0.136. The van der Waals surface area contributed by atoms with Crippen LogP contribution in [0.1, 0.15) is 38.5 Å². The van der Waals surface area contributed by atoms with Crippen molar-refractivity contribution in [3.05, 3.63) is 0 Å². The van der Waals surface area contributed by atoms with E-state index in [4.69, 9.17) is 10.5 Å². The van der Waals surface area contributed by atoms with Gasteiger partial charge in [-0.05, 0) is 32.1 Å². The van der Waals surface area contributed by atoms with Crippen LogP contribution in [0.15, 0.2) is 0 Å². The minimum absolute atomic E-state index is 0. The predicted octanol–water partition coefficient (Wildman–Crippen LogP) is 1.32. The SMILES string of the molecule is Cl.N[C@@H]1CCCN(C(=O)CC2CCCCO2)C1. The lowest BCUT2D eigenvalue weighted by Crippen LogP contribution is -2.46. The molecule has 0 aromatic heterocycles. The molecule has 2 aliphatic rings. The quantitative estimate of drug-likeness (QED) is 0.817. The number of carbonyl (C=O) groups is 1. The van der Waals surface area contributed by atoms with Crippen molar-refractivity contribution in [1.29, 1.82) is 0 Å². The van der Waals surface area contributed by atoms with E-state index < -0.39 is 0 Å². The number of halogens is 1. The number of nitrogens with two attached hydrogens (primary N) is 1. The maximum absolute atomic E-state index is 12.0. The van der Waals surface area contributed by atoms with Gasteiger partial charge in [-0.3, -0.25) is 4.79 Å². The Labute approximate surface area is 109 Å². The average Bonchev–Trinajstić information content (AvgIpc) is 2.30. The molecule has 0 spiro atoms. The molecule has 2 aliphatic heterocycles. The summed E-state index contributed by atoms with van der Waals surface area (Å²) in [5.74, 6) is 0.224. The molecular weight excluding hydrogens is 240 g/mol. The van der Waals surface area contributed by atoms with Gasteiger partial charge in [0.05, 0.1) is 12.5 Å². The molecule has 0 aromatic rings. The Morgan fingerprint density at radius 3 is 2.76 bits per heavy atom. The van der Waals surface area contributed by atoms with Gasteiger partial charge in [-0.25, -0.2) is 0 Å². The summed E-state index contributed by atoms with van der Waals surface area (Å²) in [6.07, 6.45) is 6.15. The third kappa shape index (κ3) is 4.45. The average molecular weight is 263 g/mol. The van der Waals surface area contributed by atoms with Crippen LogP contribution >= 0.6 is 12.4 Å². The second kappa shape index (κ2) is 7.19. The molecule has 2 N–H and O–H groups in total. The first-order chi connectivity index (χ1) is 7.75. The number of hydrogen-bond acceptors (Lipinski definition) is 3. The van der Waals surface area contributed by atoms with Gasteiger partial charge in [0.2, 0.25) is 5.91 Å². The summed E-state index contributed by atoms with van der Waals surface area (Å²) in [7, 11) is 0. The van der Waals surface area contributed by atoms with Crippen LogP contribution in [0.3, 0.4) is 0 Å². The highest BCUT2D eigenvalue weighted by molar-refractivity contribution is 5.85. The first kappa shape index (κ1) is 14.7. The van der Waals surface area contributed by atoms with Crippen LogP contribution in [-0.4, -0.2) is 42.6 Å². The molecule has 1 amide bonds. The molecule has 1 unspecified atom stereocenters. The van der Waals surface area contributed by atoms with Crippen LogP contribution in [-0.2, 0) is 9.53 Å². The van der Waals surface area contributed by atoms with Crippen LogP contribution < -0.4 is 5.73 Å². The minimum Gasteiger partial charge on any atom is -0.378 e. The Morgan fingerprint density at radius 2 is 2.12 bits per heavy atom. The normalized spacial score (nSPS) is 29.6. The predicted molar refractivity (Wildman–Crippen MR) is 69.2 cm³/mol. The van der Waals surface area contributed by atoms with E-state index in [1.807, 2.05) is 4.90 Å². The molecule has 0 aliphatic carbocycles. The smallest absolute Gasteiger partial charge is 0.225 e. The van der Waals surface area contributed by atoms with Crippen LogP contribution in [0.25, 0.3) is 0 Å². The molecule has 4 nitrogen and oxygen atoms in total. The molecule has 2 fully saturated rings. The van der Waals surface area contributed by atoms with E-state index in [0.717, 1.165) is 45.4 Å². The second-order valence-electron chi connectivity index (χ2n) is 4.93. The number of likely N-dealkylation sites (tertiary alicyclic amines) is 1. The monoisotopic (exact) mass is 262 g/mol. The molecule has 0 saturated carbocycles. The highest BCUT2D eigenvalue weighted by Crippen LogP contribution is 2.18. The molecule has 5 heteroatoms. The molecule has 17 heavy (non-hydrogen) atoms. The van der Waals surface area contributed by atoms with Gasteiger partial charge in [-0.15, -0.1) is 12.4 Å². The number of amides is 1. The zero-order chi connectivity index (χ0) is 11.4. The van der Waals surface area contributed by atoms with Gasteiger partial charge < -0.3 is 15.4 Å². The maximum Gasteiger partial charge on any atom is 0.225 e. The third-order valence-electron chi connectivity index (χ3n) is 3.49. The fourth-order valence-corrected chi connectivity index (χ4v) is 2.53. The summed E-state index contributed by atoms with van der Waals surface area (Å²) < 4.78 is 5.59. The van der Waals surface area contributed by atoms with Gasteiger partial charge in [0.15, 0.2) is 0 Å². The molecule has 2 atom stereocenters. The zero-order valence-electron chi connectivity index (χ0n) is 10.3. The Balaban J connectivity index is 0.00000144. The molecular formula is C12H23ClN2O2. The van der Waals surface area contributed by atoms with Crippen molar-refractivity contribution >= 4 is 18.3 Å². The maximum atomic E-state index is 12.0. The molecule has 0 bridgehead atoms. The number of piperidine rings is 1. The first-order valence-corrected chi connectivity index (χ1v) is 6.40.